The Balaban J connectivity index is 1.93. The van der Waals surface area contributed by atoms with Crippen LogP contribution >= 0.6 is 0 Å². The van der Waals surface area contributed by atoms with Crippen LogP contribution in [0.4, 0.5) is 0 Å². The Kier molecular flexibility index (Phi) is 6.45. The summed E-state index contributed by atoms with van der Waals surface area (Å²) in [7, 11) is 3.25. The number of methoxy groups -OCH3 is 1. The van der Waals surface area contributed by atoms with Crippen molar-refractivity contribution in [2.45, 2.75) is 27.2 Å². The van der Waals surface area contributed by atoms with Crippen molar-refractivity contribution in [3.63, 3.8) is 0 Å². The average Bonchev–Trinajstić information content (AvgIpc) is 2.97. The molecule has 138 valence electrons. The highest BCUT2D eigenvalue weighted by molar-refractivity contribution is 5.82. The Hall–Kier alpha value is -2.04. The summed E-state index contributed by atoms with van der Waals surface area (Å²) in [6, 6.07) is 10.5. The van der Waals surface area contributed by atoms with E-state index in [0.29, 0.717) is 6.54 Å². The molecule has 1 aromatic rings. The van der Waals surface area contributed by atoms with Crippen molar-refractivity contribution in [2.24, 2.45) is 22.2 Å². The molecule has 1 N–H and O–H groups in total. The van der Waals surface area contributed by atoms with Crippen molar-refractivity contribution in [1.82, 2.24) is 10.2 Å². The molecule has 0 spiro atoms. The van der Waals surface area contributed by atoms with Crippen LogP contribution < -0.4 is 5.32 Å². The monoisotopic (exact) mass is 345 g/mol. The first-order valence-corrected chi connectivity index (χ1v) is 8.93. The van der Waals surface area contributed by atoms with E-state index < -0.39 is 0 Å². The first-order valence-electron chi connectivity index (χ1n) is 8.93. The van der Waals surface area contributed by atoms with Gasteiger partial charge in [0.05, 0.1) is 13.0 Å². The largest absolute Gasteiger partial charge is 0.469 e. The zero-order valence-corrected chi connectivity index (χ0v) is 16.1. The molecule has 5 nitrogen and oxygen atoms in total. The predicted octanol–water partition coefficient (Wildman–Crippen LogP) is 2.57. The van der Waals surface area contributed by atoms with E-state index in [1.807, 2.05) is 6.07 Å². The van der Waals surface area contributed by atoms with Gasteiger partial charge in [-0.25, -0.2) is 0 Å². The lowest BCUT2D eigenvalue weighted by Crippen LogP contribution is -2.44. The molecule has 0 saturated carbocycles. The number of hydrogen-bond donors (Lipinski definition) is 1. The number of guanidine groups is 1. The van der Waals surface area contributed by atoms with Gasteiger partial charge in [0.15, 0.2) is 5.96 Å². The standard InChI is InChI=1S/C20H31N3O2/c1-15-12-23(13-17(15)18(24)25-5)19(21-4)22-14-20(2,3)11-16-9-7-6-8-10-16/h6-10,15,17H,11-14H2,1-5H3,(H,21,22). The number of hydrogen-bond acceptors (Lipinski definition) is 3. The van der Waals surface area contributed by atoms with Gasteiger partial charge in [-0.2, -0.15) is 0 Å². The van der Waals surface area contributed by atoms with E-state index in [1.165, 1.54) is 12.7 Å². The molecule has 2 unspecified atom stereocenters. The number of likely N-dealkylation sites (tertiary alicyclic amines) is 1. The summed E-state index contributed by atoms with van der Waals surface area (Å²) in [6.07, 6.45) is 0.999. The number of carbonyl (C=O) groups excluding carboxylic acids is 1. The van der Waals surface area contributed by atoms with E-state index in [4.69, 9.17) is 4.74 Å². The molecule has 1 heterocycles. The molecule has 2 rings (SSSR count). The molecule has 1 aliphatic rings. The predicted molar refractivity (Wildman–Crippen MR) is 102 cm³/mol. The summed E-state index contributed by atoms with van der Waals surface area (Å²) in [6.45, 7) is 8.90. The summed E-state index contributed by atoms with van der Waals surface area (Å²) >= 11 is 0. The van der Waals surface area contributed by atoms with Crippen LogP contribution in [0.2, 0.25) is 0 Å². The third kappa shape index (κ3) is 5.21. The number of rotatable bonds is 5. The fourth-order valence-electron chi connectivity index (χ4n) is 3.46. The van der Waals surface area contributed by atoms with Crippen molar-refractivity contribution in [2.75, 3.05) is 33.8 Å². The summed E-state index contributed by atoms with van der Waals surface area (Å²) < 4.78 is 4.92. The highest BCUT2D eigenvalue weighted by atomic mass is 16.5. The van der Waals surface area contributed by atoms with Crippen LogP contribution in [0.5, 0.6) is 0 Å². The molecule has 0 amide bonds. The fourth-order valence-corrected chi connectivity index (χ4v) is 3.46. The van der Waals surface area contributed by atoms with Gasteiger partial charge in [0.25, 0.3) is 0 Å². The average molecular weight is 345 g/mol. The Morgan fingerprint density at radius 3 is 2.60 bits per heavy atom. The molecule has 0 radical (unpaired) electrons. The van der Waals surface area contributed by atoms with Crippen LogP contribution in [0.1, 0.15) is 26.3 Å². The summed E-state index contributed by atoms with van der Waals surface area (Å²) in [5.41, 5.74) is 1.44. The number of nitrogens with zero attached hydrogens (tertiary/aromatic N) is 2. The van der Waals surface area contributed by atoms with Gasteiger partial charge in [-0.1, -0.05) is 51.1 Å². The summed E-state index contributed by atoms with van der Waals surface area (Å²) in [5, 5.41) is 3.49. The van der Waals surface area contributed by atoms with E-state index in [0.717, 1.165) is 25.5 Å². The minimum atomic E-state index is -0.130. The number of ether oxygens (including phenoxy) is 1. The molecule has 2 atom stereocenters. The molecule has 1 saturated heterocycles. The van der Waals surface area contributed by atoms with Crippen molar-refractivity contribution in [1.29, 1.82) is 0 Å². The highest BCUT2D eigenvalue weighted by Gasteiger charge is 2.37. The second-order valence-electron chi connectivity index (χ2n) is 7.74. The number of nitrogens with one attached hydrogen (secondary N) is 1. The van der Waals surface area contributed by atoms with E-state index in [1.54, 1.807) is 7.05 Å². The molecule has 1 aromatic carbocycles. The molecule has 1 aliphatic heterocycles. The number of aliphatic imine (C=N–C) groups is 1. The fraction of sp³-hybridized carbons (Fsp3) is 0.600. The molecule has 1 fully saturated rings. The van der Waals surface area contributed by atoms with Gasteiger partial charge < -0.3 is 15.0 Å². The summed E-state index contributed by atoms with van der Waals surface area (Å²) in [4.78, 5) is 18.5. The van der Waals surface area contributed by atoms with Gasteiger partial charge in [0.1, 0.15) is 0 Å². The van der Waals surface area contributed by atoms with Crippen LogP contribution in [0.15, 0.2) is 35.3 Å². The van der Waals surface area contributed by atoms with E-state index in [-0.39, 0.29) is 23.2 Å². The van der Waals surface area contributed by atoms with Gasteiger partial charge in [-0.3, -0.25) is 9.79 Å². The molecule has 0 aromatic heterocycles. The van der Waals surface area contributed by atoms with E-state index in [2.05, 4.69) is 60.2 Å². The third-order valence-electron chi connectivity index (χ3n) is 4.88. The third-order valence-corrected chi connectivity index (χ3v) is 4.88. The number of carbonyl (C=O) groups is 1. The van der Waals surface area contributed by atoms with Gasteiger partial charge in [-0.05, 0) is 23.3 Å². The minimum absolute atomic E-state index is 0.0825. The van der Waals surface area contributed by atoms with Crippen molar-refractivity contribution in [3.8, 4) is 0 Å². The smallest absolute Gasteiger partial charge is 0.310 e. The maximum absolute atomic E-state index is 11.9. The summed E-state index contributed by atoms with van der Waals surface area (Å²) in [5.74, 6) is 0.915. The van der Waals surface area contributed by atoms with Gasteiger partial charge in [0, 0.05) is 26.7 Å². The Bertz CT molecular complexity index is 598. The van der Waals surface area contributed by atoms with Crippen molar-refractivity contribution in [3.05, 3.63) is 35.9 Å². The molecule has 25 heavy (non-hydrogen) atoms. The first kappa shape index (κ1) is 19.3. The van der Waals surface area contributed by atoms with Crippen LogP contribution in [0.3, 0.4) is 0 Å². The van der Waals surface area contributed by atoms with Crippen LogP contribution in [-0.2, 0) is 16.0 Å². The molecular weight excluding hydrogens is 314 g/mol. The highest BCUT2D eigenvalue weighted by Crippen LogP contribution is 2.25. The zero-order valence-electron chi connectivity index (χ0n) is 16.1. The Labute approximate surface area is 151 Å². The van der Waals surface area contributed by atoms with Gasteiger partial charge in [-0.15, -0.1) is 0 Å². The topological polar surface area (TPSA) is 53.9 Å². The van der Waals surface area contributed by atoms with Crippen LogP contribution in [-0.4, -0.2) is 50.6 Å². The minimum Gasteiger partial charge on any atom is -0.469 e. The molecule has 0 aliphatic carbocycles. The molecule has 5 heteroatoms. The Morgan fingerprint density at radius 2 is 2.00 bits per heavy atom. The van der Waals surface area contributed by atoms with Crippen LogP contribution in [0.25, 0.3) is 0 Å². The van der Waals surface area contributed by atoms with E-state index in [9.17, 15) is 4.79 Å². The lowest BCUT2D eigenvalue weighted by Gasteiger charge is -2.29. The molecular formula is C20H31N3O2. The second-order valence-corrected chi connectivity index (χ2v) is 7.74. The maximum Gasteiger partial charge on any atom is 0.310 e. The first-order chi connectivity index (χ1) is 11.9. The van der Waals surface area contributed by atoms with Gasteiger partial charge >= 0.3 is 5.97 Å². The zero-order chi connectivity index (χ0) is 18.4. The Morgan fingerprint density at radius 1 is 1.32 bits per heavy atom. The SMILES string of the molecule is CN=C(NCC(C)(C)Cc1ccccc1)N1CC(C)C(C(=O)OC)C1. The number of esters is 1. The van der Waals surface area contributed by atoms with Gasteiger partial charge in [0.2, 0.25) is 0 Å². The lowest BCUT2D eigenvalue weighted by molar-refractivity contribution is -0.145. The van der Waals surface area contributed by atoms with Crippen molar-refractivity contribution < 1.29 is 9.53 Å². The quantitative estimate of drug-likeness (QED) is 0.506. The maximum atomic E-state index is 11.9. The number of benzene rings is 1. The lowest BCUT2D eigenvalue weighted by atomic mass is 9.86. The van der Waals surface area contributed by atoms with E-state index >= 15 is 0 Å². The molecule has 0 bridgehead atoms. The van der Waals surface area contributed by atoms with Crippen LogP contribution in [0, 0.1) is 17.3 Å². The van der Waals surface area contributed by atoms with Crippen molar-refractivity contribution >= 4 is 11.9 Å². The second kappa shape index (κ2) is 8.37. The normalized spacial score (nSPS) is 21.3.